The fraction of sp³-hybridized carbons (Fsp3) is 0.267. The zero-order valence-corrected chi connectivity index (χ0v) is 22.4. The average Bonchev–Trinajstić information content (AvgIpc) is 3.75. The van der Waals surface area contributed by atoms with Gasteiger partial charge in [-0.1, -0.05) is 0 Å². The lowest BCUT2D eigenvalue weighted by Crippen LogP contribution is -2.25. The second kappa shape index (κ2) is 9.87. The third-order valence-corrected chi connectivity index (χ3v) is 7.73. The van der Waals surface area contributed by atoms with E-state index in [1.54, 1.807) is 6.20 Å². The molecule has 6 aromatic rings. The Morgan fingerprint density at radius 2 is 1.93 bits per heavy atom. The predicted molar refractivity (Wildman–Crippen MR) is 152 cm³/mol. The number of hydrogen-bond donors (Lipinski definition) is 2. The van der Waals surface area contributed by atoms with Gasteiger partial charge in [0.1, 0.15) is 40.9 Å². The third kappa shape index (κ3) is 4.40. The van der Waals surface area contributed by atoms with Crippen LogP contribution in [0.3, 0.4) is 0 Å². The highest BCUT2D eigenvalue weighted by Gasteiger charge is 2.18. The minimum Gasteiger partial charge on any atom is -0.492 e. The Balaban J connectivity index is 1.23. The Kier molecular flexibility index (Phi) is 6.04. The van der Waals surface area contributed by atoms with Crippen LogP contribution in [-0.4, -0.2) is 65.8 Å². The van der Waals surface area contributed by atoms with Crippen LogP contribution in [0.15, 0.2) is 54.9 Å². The lowest BCUT2D eigenvalue weighted by atomic mass is 10.0. The van der Waals surface area contributed by atoms with Gasteiger partial charge in [0.2, 0.25) is 0 Å². The molecule has 40 heavy (non-hydrogen) atoms. The molecule has 1 saturated heterocycles. The highest BCUT2D eigenvalue weighted by atomic mass is 19.1. The first-order chi connectivity index (χ1) is 19.5. The number of fused-ring (bicyclic) bond motifs is 2. The molecule has 2 N–H and O–H groups in total. The smallest absolute Gasteiger partial charge is 0.138 e. The maximum Gasteiger partial charge on any atom is 0.138 e. The molecule has 1 aromatic carbocycles. The number of pyridine rings is 2. The maximum absolute atomic E-state index is 14.7. The molecule has 0 bridgehead atoms. The van der Waals surface area contributed by atoms with Gasteiger partial charge in [-0.2, -0.15) is 5.10 Å². The standard InChI is InChI=1S/C30H29FN8O/c1-18-33-17-27(38(18)2)24-5-6-25-28(34-24)29(37-36-25)26-16-23-22(7-8-32-30(23)35-26)19-13-20(31)15-21(14-19)40-12-11-39-9-3-4-10-39/h5-8,13-17H,3-4,9-12H2,1-2H3,(H,32,35)(H,36,37). The maximum atomic E-state index is 14.7. The summed E-state index contributed by atoms with van der Waals surface area (Å²) in [6.07, 6.45) is 6.01. The summed E-state index contributed by atoms with van der Waals surface area (Å²) in [4.78, 5) is 19.6. The minimum atomic E-state index is -0.338. The minimum absolute atomic E-state index is 0.338. The van der Waals surface area contributed by atoms with Gasteiger partial charge in [0.15, 0.2) is 0 Å². The third-order valence-electron chi connectivity index (χ3n) is 7.73. The zero-order valence-electron chi connectivity index (χ0n) is 22.4. The van der Waals surface area contributed by atoms with E-state index >= 15 is 0 Å². The molecule has 0 unspecified atom stereocenters. The molecule has 0 spiro atoms. The molecule has 10 heteroatoms. The van der Waals surface area contributed by atoms with Crippen LogP contribution >= 0.6 is 0 Å². The van der Waals surface area contributed by atoms with E-state index in [4.69, 9.17) is 9.72 Å². The molecule has 202 valence electrons. The summed E-state index contributed by atoms with van der Waals surface area (Å²) in [5.74, 6) is 1.10. The molecule has 1 aliphatic rings. The van der Waals surface area contributed by atoms with E-state index in [-0.39, 0.29) is 5.82 Å². The van der Waals surface area contributed by atoms with E-state index < -0.39 is 0 Å². The first-order valence-electron chi connectivity index (χ1n) is 13.5. The number of H-pyrrole nitrogens is 2. The number of halogens is 1. The molecule has 0 aliphatic carbocycles. The Morgan fingerprint density at radius 3 is 2.75 bits per heavy atom. The largest absolute Gasteiger partial charge is 0.492 e. The zero-order chi connectivity index (χ0) is 27.2. The number of likely N-dealkylation sites (tertiary alicyclic amines) is 1. The summed E-state index contributed by atoms with van der Waals surface area (Å²) < 4.78 is 22.7. The van der Waals surface area contributed by atoms with Gasteiger partial charge in [-0.3, -0.25) is 10.00 Å². The molecule has 9 nitrogen and oxygen atoms in total. The lowest BCUT2D eigenvalue weighted by molar-refractivity contribution is 0.237. The molecule has 0 atom stereocenters. The molecule has 0 amide bonds. The highest BCUT2D eigenvalue weighted by Crippen LogP contribution is 2.35. The Bertz CT molecular complexity index is 1850. The van der Waals surface area contributed by atoms with Gasteiger partial charge in [-0.15, -0.1) is 0 Å². The van der Waals surface area contributed by atoms with Crippen molar-refractivity contribution in [2.75, 3.05) is 26.2 Å². The van der Waals surface area contributed by atoms with Crippen molar-refractivity contribution in [3.8, 4) is 39.7 Å². The number of imidazole rings is 1. The number of aromatic amines is 2. The number of aryl methyl sites for hydroxylation is 1. The highest BCUT2D eigenvalue weighted by molar-refractivity contribution is 5.99. The SMILES string of the molecule is Cc1ncc(-c2ccc3[nH]nc(-c4cc5c(-c6cc(F)cc(OCCN7CCCC7)c6)ccnc5[nH]4)c3n2)n1C. The average molecular weight is 537 g/mol. The topological polar surface area (TPSA) is 101 Å². The van der Waals surface area contributed by atoms with Crippen LogP contribution in [0, 0.1) is 12.7 Å². The van der Waals surface area contributed by atoms with Crippen LogP contribution in [0.25, 0.3) is 56.0 Å². The van der Waals surface area contributed by atoms with E-state index in [0.29, 0.717) is 23.7 Å². The van der Waals surface area contributed by atoms with Gasteiger partial charge in [0.05, 0.1) is 28.8 Å². The summed E-state index contributed by atoms with van der Waals surface area (Å²) >= 11 is 0. The molecular formula is C30H29FN8O. The van der Waals surface area contributed by atoms with E-state index in [1.165, 1.54) is 25.0 Å². The Hall–Kier alpha value is -4.57. The molecule has 7 rings (SSSR count). The first-order valence-corrected chi connectivity index (χ1v) is 13.5. The Labute approximate surface area is 230 Å². The summed E-state index contributed by atoms with van der Waals surface area (Å²) in [5.41, 5.74) is 7.03. The van der Waals surface area contributed by atoms with E-state index in [0.717, 1.165) is 70.1 Å². The molecule has 0 radical (unpaired) electrons. The second-order valence-electron chi connectivity index (χ2n) is 10.3. The number of aromatic nitrogens is 7. The molecular weight excluding hydrogens is 507 g/mol. The van der Waals surface area contributed by atoms with Gasteiger partial charge >= 0.3 is 0 Å². The quantitative estimate of drug-likeness (QED) is 0.280. The molecule has 6 heterocycles. The number of nitrogens with one attached hydrogen (secondary N) is 2. The normalized spacial score (nSPS) is 14.1. The number of hydrogen-bond acceptors (Lipinski definition) is 6. The first kappa shape index (κ1) is 24.5. The molecule has 5 aromatic heterocycles. The summed E-state index contributed by atoms with van der Waals surface area (Å²) in [6, 6.07) is 12.7. The summed E-state index contributed by atoms with van der Waals surface area (Å²) in [7, 11) is 1.97. The monoisotopic (exact) mass is 536 g/mol. The van der Waals surface area contributed by atoms with Crippen LogP contribution in [0.1, 0.15) is 18.7 Å². The fourth-order valence-electron chi connectivity index (χ4n) is 5.48. The van der Waals surface area contributed by atoms with Crippen molar-refractivity contribution in [1.29, 1.82) is 0 Å². The molecule has 0 saturated carbocycles. The Morgan fingerprint density at radius 1 is 1.05 bits per heavy atom. The fourth-order valence-corrected chi connectivity index (χ4v) is 5.48. The summed E-state index contributed by atoms with van der Waals surface area (Å²) in [6.45, 7) is 5.55. The van der Waals surface area contributed by atoms with Crippen LogP contribution in [0.2, 0.25) is 0 Å². The van der Waals surface area contributed by atoms with Crippen LogP contribution in [-0.2, 0) is 7.05 Å². The van der Waals surface area contributed by atoms with E-state index in [2.05, 4.69) is 30.0 Å². The van der Waals surface area contributed by atoms with Gasteiger partial charge < -0.3 is 14.3 Å². The van der Waals surface area contributed by atoms with E-state index in [1.807, 2.05) is 55.1 Å². The van der Waals surface area contributed by atoms with Crippen molar-refractivity contribution in [3.63, 3.8) is 0 Å². The van der Waals surface area contributed by atoms with Crippen LogP contribution < -0.4 is 4.74 Å². The van der Waals surface area contributed by atoms with Crippen molar-refractivity contribution in [2.24, 2.45) is 7.05 Å². The number of benzene rings is 1. The number of rotatable bonds is 7. The van der Waals surface area contributed by atoms with Crippen molar-refractivity contribution in [1.82, 2.24) is 39.6 Å². The van der Waals surface area contributed by atoms with Crippen LogP contribution in [0.5, 0.6) is 5.75 Å². The second-order valence-corrected chi connectivity index (χ2v) is 10.3. The summed E-state index contributed by atoms with van der Waals surface area (Å²) in [5, 5.41) is 8.51. The van der Waals surface area contributed by atoms with Gasteiger partial charge in [0, 0.05) is 31.2 Å². The molecule has 1 fully saturated rings. The van der Waals surface area contributed by atoms with Gasteiger partial charge in [0.25, 0.3) is 0 Å². The van der Waals surface area contributed by atoms with Crippen molar-refractivity contribution >= 4 is 22.1 Å². The molecule has 1 aliphatic heterocycles. The van der Waals surface area contributed by atoms with Crippen molar-refractivity contribution in [2.45, 2.75) is 19.8 Å². The van der Waals surface area contributed by atoms with Crippen molar-refractivity contribution in [3.05, 3.63) is 66.5 Å². The van der Waals surface area contributed by atoms with Crippen molar-refractivity contribution < 1.29 is 9.13 Å². The number of nitrogens with zero attached hydrogens (tertiary/aromatic N) is 6. The van der Waals surface area contributed by atoms with Gasteiger partial charge in [-0.05, 0) is 80.4 Å². The van der Waals surface area contributed by atoms with E-state index in [9.17, 15) is 4.39 Å². The van der Waals surface area contributed by atoms with Gasteiger partial charge in [-0.25, -0.2) is 19.3 Å². The predicted octanol–water partition coefficient (Wildman–Crippen LogP) is 5.49. The van der Waals surface area contributed by atoms with Crippen LogP contribution in [0.4, 0.5) is 4.39 Å². The number of ether oxygens (including phenoxy) is 1. The lowest BCUT2D eigenvalue weighted by Gasteiger charge is -2.15.